The molecule has 1 heterocycles. The predicted molar refractivity (Wildman–Crippen MR) is 109 cm³/mol. The molecule has 1 N–H and O–H groups in total. The zero-order chi connectivity index (χ0) is 21.0. The van der Waals surface area contributed by atoms with Crippen molar-refractivity contribution in [2.24, 2.45) is 7.05 Å². The van der Waals surface area contributed by atoms with Crippen LogP contribution in [-0.2, 0) is 24.4 Å². The minimum atomic E-state index is -4.57. The van der Waals surface area contributed by atoms with Crippen LogP contribution in [0.15, 0.2) is 58.2 Å². The average Bonchev–Trinajstić information content (AvgIpc) is 3.01. The van der Waals surface area contributed by atoms with E-state index in [0.29, 0.717) is 11.6 Å². The molecule has 0 bridgehead atoms. The van der Waals surface area contributed by atoms with Gasteiger partial charge in [-0.2, -0.15) is 13.2 Å². The third-order valence-corrected chi connectivity index (χ3v) is 5.54. The van der Waals surface area contributed by atoms with Gasteiger partial charge in [0.05, 0.1) is 17.0 Å². The molecule has 29 heavy (non-hydrogen) atoms. The number of hydrogen-bond donors (Lipinski definition) is 1. The summed E-state index contributed by atoms with van der Waals surface area (Å²) in [5, 5.41) is 11.0. The van der Waals surface area contributed by atoms with Gasteiger partial charge in [0.2, 0.25) is 5.91 Å². The van der Waals surface area contributed by atoms with E-state index >= 15 is 0 Å². The number of carbonyl (C=O) groups excluding carboxylic acids is 1. The molecule has 152 valence electrons. The number of hydrogen-bond acceptors (Lipinski definition) is 4. The molecule has 0 aliphatic carbocycles. The van der Waals surface area contributed by atoms with Gasteiger partial charge in [-0.05, 0) is 23.8 Å². The Balaban J connectivity index is 1.64. The van der Waals surface area contributed by atoms with E-state index in [1.54, 1.807) is 11.6 Å². The third kappa shape index (κ3) is 5.60. The lowest BCUT2D eigenvalue weighted by atomic mass is 10.1. The molecule has 0 saturated carbocycles. The highest BCUT2D eigenvalue weighted by atomic mass is 79.9. The number of anilines is 1. The van der Waals surface area contributed by atoms with Crippen molar-refractivity contribution in [3.05, 3.63) is 70.0 Å². The normalized spacial score (nSPS) is 11.5. The van der Waals surface area contributed by atoms with Gasteiger partial charge < -0.3 is 9.88 Å². The molecule has 0 aliphatic rings. The van der Waals surface area contributed by atoms with E-state index in [4.69, 9.17) is 0 Å². The summed E-state index contributed by atoms with van der Waals surface area (Å²) in [6.45, 7) is 0. The molecule has 0 saturated heterocycles. The standard InChI is InChI=1S/C19H16BrF3N4OS/c1-27-16(9-12-5-3-2-4-6-12)25-26-18(27)29-11-17(28)24-15-8-7-13(20)10-14(15)19(21,22)23/h2-8,10H,9,11H2,1H3,(H,24,28). The highest BCUT2D eigenvalue weighted by Crippen LogP contribution is 2.36. The Morgan fingerprint density at radius 1 is 1.17 bits per heavy atom. The van der Waals surface area contributed by atoms with Crippen molar-refractivity contribution >= 4 is 39.3 Å². The molecule has 3 aromatic rings. The highest BCUT2D eigenvalue weighted by molar-refractivity contribution is 9.10. The Kier molecular flexibility index (Phi) is 6.63. The van der Waals surface area contributed by atoms with E-state index in [2.05, 4.69) is 31.4 Å². The molecular formula is C19H16BrF3N4OS. The summed E-state index contributed by atoms with van der Waals surface area (Å²) in [5.74, 6) is 0.0758. The van der Waals surface area contributed by atoms with Crippen LogP contribution < -0.4 is 5.32 Å². The molecule has 10 heteroatoms. The number of rotatable bonds is 6. The van der Waals surface area contributed by atoms with Crippen LogP contribution in [0, 0.1) is 0 Å². The maximum atomic E-state index is 13.2. The van der Waals surface area contributed by atoms with E-state index in [0.717, 1.165) is 29.2 Å². The van der Waals surface area contributed by atoms with Crippen LogP contribution in [0.4, 0.5) is 18.9 Å². The summed E-state index contributed by atoms with van der Waals surface area (Å²) < 4.78 is 41.5. The highest BCUT2D eigenvalue weighted by Gasteiger charge is 2.34. The lowest BCUT2D eigenvalue weighted by Crippen LogP contribution is -2.18. The number of nitrogens with one attached hydrogen (secondary N) is 1. The summed E-state index contributed by atoms with van der Waals surface area (Å²) in [4.78, 5) is 12.2. The Labute approximate surface area is 177 Å². The van der Waals surface area contributed by atoms with E-state index in [9.17, 15) is 18.0 Å². The summed E-state index contributed by atoms with van der Waals surface area (Å²) in [5.41, 5.74) is -0.115. The first-order valence-electron chi connectivity index (χ1n) is 8.45. The number of thioether (sulfide) groups is 1. The number of halogens is 4. The van der Waals surface area contributed by atoms with Gasteiger partial charge in [-0.25, -0.2) is 0 Å². The van der Waals surface area contributed by atoms with Gasteiger partial charge in [-0.3, -0.25) is 4.79 Å². The van der Waals surface area contributed by atoms with Crippen molar-refractivity contribution in [2.45, 2.75) is 17.8 Å². The van der Waals surface area contributed by atoms with E-state index in [1.807, 2.05) is 30.3 Å². The van der Waals surface area contributed by atoms with Gasteiger partial charge >= 0.3 is 6.18 Å². The molecule has 1 amide bonds. The fourth-order valence-corrected chi connectivity index (χ4v) is 3.67. The Hall–Kier alpha value is -2.33. The molecular weight excluding hydrogens is 469 g/mol. The fourth-order valence-electron chi connectivity index (χ4n) is 2.58. The molecule has 0 spiro atoms. The first-order chi connectivity index (χ1) is 13.7. The minimum absolute atomic E-state index is 0.0926. The number of nitrogens with zero attached hydrogens (tertiary/aromatic N) is 3. The minimum Gasteiger partial charge on any atom is -0.325 e. The van der Waals surface area contributed by atoms with Crippen LogP contribution in [0.25, 0.3) is 0 Å². The van der Waals surface area contributed by atoms with Crippen molar-refractivity contribution < 1.29 is 18.0 Å². The van der Waals surface area contributed by atoms with Crippen molar-refractivity contribution in [1.29, 1.82) is 0 Å². The predicted octanol–water partition coefficient (Wildman–Crippen LogP) is 4.92. The quantitative estimate of drug-likeness (QED) is 0.504. The Morgan fingerprint density at radius 3 is 2.59 bits per heavy atom. The average molecular weight is 485 g/mol. The second kappa shape index (κ2) is 9.00. The maximum absolute atomic E-state index is 13.2. The third-order valence-electron chi connectivity index (χ3n) is 4.02. The van der Waals surface area contributed by atoms with Crippen molar-refractivity contribution in [2.75, 3.05) is 11.1 Å². The summed E-state index contributed by atoms with van der Waals surface area (Å²) in [7, 11) is 1.79. The van der Waals surface area contributed by atoms with Gasteiger partial charge in [0.15, 0.2) is 5.16 Å². The van der Waals surface area contributed by atoms with Gasteiger partial charge in [0.1, 0.15) is 5.82 Å². The number of alkyl halides is 3. The molecule has 1 aromatic heterocycles. The summed E-state index contributed by atoms with van der Waals surface area (Å²) in [6.07, 6.45) is -3.99. The largest absolute Gasteiger partial charge is 0.418 e. The zero-order valence-corrected chi connectivity index (χ0v) is 17.6. The fraction of sp³-hybridized carbons (Fsp3) is 0.211. The van der Waals surface area contributed by atoms with E-state index in [-0.39, 0.29) is 15.9 Å². The molecule has 0 unspecified atom stereocenters. The number of benzene rings is 2. The van der Waals surface area contributed by atoms with Crippen LogP contribution in [0.3, 0.4) is 0 Å². The monoisotopic (exact) mass is 484 g/mol. The van der Waals surface area contributed by atoms with Gasteiger partial charge in [0.25, 0.3) is 0 Å². The van der Waals surface area contributed by atoms with Gasteiger partial charge in [0, 0.05) is 17.9 Å². The Bertz CT molecular complexity index is 1010. The van der Waals surface area contributed by atoms with E-state index in [1.165, 1.54) is 12.1 Å². The van der Waals surface area contributed by atoms with Crippen LogP contribution in [0.1, 0.15) is 17.0 Å². The first-order valence-corrected chi connectivity index (χ1v) is 10.2. The SMILES string of the molecule is Cn1c(Cc2ccccc2)nnc1SCC(=O)Nc1ccc(Br)cc1C(F)(F)F. The topological polar surface area (TPSA) is 59.8 Å². The molecule has 3 rings (SSSR count). The van der Waals surface area contributed by atoms with Crippen LogP contribution in [0.5, 0.6) is 0 Å². The number of amides is 1. The molecule has 0 fully saturated rings. The van der Waals surface area contributed by atoms with E-state index < -0.39 is 17.6 Å². The molecule has 0 atom stereocenters. The van der Waals surface area contributed by atoms with Crippen molar-refractivity contribution in [3.63, 3.8) is 0 Å². The summed E-state index contributed by atoms with van der Waals surface area (Å²) >= 11 is 4.12. The lowest BCUT2D eigenvalue weighted by Gasteiger charge is -2.14. The number of carbonyl (C=O) groups is 1. The second-order valence-electron chi connectivity index (χ2n) is 6.14. The zero-order valence-electron chi connectivity index (χ0n) is 15.2. The smallest absolute Gasteiger partial charge is 0.325 e. The first kappa shape index (κ1) is 21.4. The van der Waals surface area contributed by atoms with Gasteiger partial charge in [-0.15, -0.1) is 10.2 Å². The van der Waals surface area contributed by atoms with Crippen LogP contribution in [0.2, 0.25) is 0 Å². The second-order valence-corrected chi connectivity index (χ2v) is 8.00. The van der Waals surface area contributed by atoms with Crippen molar-refractivity contribution in [1.82, 2.24) is 14.8 Å². The van der Waals surface area contributed by atoms with Crippen LogP contribution in [-0.4, -0.2) is 26.4 Å². The molecule has 2 aromatic carbocycles. The van der Waals surface area contributed by atoms with Crippen LogP contribution >= 0.6 is 27.7 Å². The van der Waals surface area contributed by atoms with Crippen molar-refractivity contribution in [3.8, 4) is 0 Å². The van der Waals surface area contributed by atoms with Gasteiger partial charge in [-0.1, -0.05) is 58.0 Å². The molecule has 5 nitrogen and oxygen atoms in total. The lowest BCUT2D eigenvalue weighted by molar-refractivity contribution is -0.137. The Morgan fingerprint density at radius 2 is 1.90 bits per heavy atom. The maximum Gasteiger partial charge on any atom is 0.418 e. The summed E-state index contributed by atoms with van der Waals surface area (Å²) in [6, 6.07) is 13.3. The molecule has 0 aliphatic heterocycles. The molecule has 0 radical (unpaired) electrons. The number of aromatic nitrogens is 3.